The SMILES string of the molecule is O=C(Cn1ccc2ccccc21)NCC(=O)N1CCN(c2ccccc2)CC1. The summed E-state index contributed by atoms with van der Waals surface area (Å²) < 4.78 is 1.90. The fraction of sp³-hybridized carbons (Fsp3) is 0.273. The van der Waals surface area contributed by atoms with E-state index in [-0.39, 0.29) is 24.9 Å². The molecule has 0 radical (unpaired) electrons. The molecule has 1 aliphatic heterocycles. The van der Waals surface area contributed by atoms with Crippen LogP contribution in [0.4, 0.5) is 5.69 Å². The second kappa shape index (κ2) is 8.17. The highest BCUT2D eigenvalue weighted by Gasteiger charge is 2.21. The number of benzene rings is 2. The van der Waals surface area contributed by atoms with E-state index in [1.165, 1.54) is 5.69 Å². The minimum atomic E-state index is -0.155. The van der Waals surface area contributed by atoms with Gasteiger partial charge in [0, 0.05) is 43.6 Å². The molecule has 144 valence electrons. The largest absolute Gasteiger partial charge is 0.368 e. The van der Waals surface area contributed by atoms with E-state index in [1.54, 1.807) is 0 Å². The number of nitrogens with zero attached hydrogens (tertiary/aromatic N) is 3. The molecule has 1 aromatic heterocycles. The molecule has 0 spiro atoms. The Bertz CT molecular complexity index is 959. The number of carbonyl (C=O) groups excluding carboxylic acids is 2. The molecule has 0 unspecified atom stereocenters. The Labute approximate surface area is 164 Å². The average Bonchev–Trinajstić information content (AvgIpc) is 3.15. The molecule has 1 aliphatic rings. The van der Waals surface area contributed by atoms with Crippen molar-refractivity contribution >= 4 is 28.4 Å². The molecule has 6 heteroatoms. The quantitative estimate of drug-likeness (QED) is 0.742. The fourth-order valence-corrected chi connectivity index (χ4v) is 3.63. The maximum atomic E-state index is 12.4. The first-order chi connectivity index (χ1) is 13.7. The summed E-state index contributed by atoms with van der Waals surface area (Å²) in [6.07, 6.45) is 1.90. The summed E-state index contributed by atoms with van der Waals surface area (Å²) in [6.45, 7) is 3.21. The van der Waals surface area contributed by atoms with Crippen molar-refractivity contribution < 1.29 is 9.59 Å². The third-order valence-electron chi connectivity index (χ3n) is 5.18. The zero-order chi connectivity index (χ0) is 19.3. The van der Waals surface area contributed by atoms with Gasteiger partial charge in [0.25, 0.3) is 0 Å². The molecule has 0 aliphatic carbocycles. The number of carbonyl (C=O) groups is 2. The Morgan fingerprint density at radius 3 is 2.36 bits per heavy atom. The second-order valence-corrected chi connectivity index (χ2v) is 6.98. The van der Waals surface area contributed by atoms with E-state index in [0.29, 0.717) is 13.1 Å². The van der Waals surface area contributed by atoms with Crippen LogP contribution in [0.15, 0.2) is 66.9 Å². The molecule has 1 fully saturated rings. The highest BCUT2D eigenvalue weighted by Crippen LogP contribution is 2.16. The summed E-state index contributed by atoms with van der Waals surface area (Å²) in [5.41, 5.74) is 2.20. The number of nitrogens with one attached hydrogen (secondary N) is 1. The number of hydrogen-bond acceptors (Lipinski definition) is 3. The highest BCUT2D eigenvalue weighted by atomic mass is 16.2. The Morgan fingerprint density at radius 1 is 0.857 bits per heavy atom. The van der Waals surface area contributed by atoms with Crippen LogP contribution in [0.3, 0.4) is 0 Å². The zero-order valence-corrected chi connectivity index (χ0v) is 15.8. The lowest BCUT2D eigenvalue weighted by atomic mass is 10.2. The van der Waals surface area contributed by atoms with Crippen LogP contribution in [0, 0.1) is 0 Å². The van der Waals surface area contributed by atoms with Gasteiger partial charge in [-0.3, -0.25) is 9.59 Å². The van der Waals surface area contributed by atoms with Crippen molar-refractivity contribution in [3.8, 4) is 0 Å². The average molecular weight is 376 g/mol. The monoisotopic (exact) mass is 376 g/mol. The normalized spacial score (nSPS) is 14.3. The van der Waals surface area contributed by atoms with Crippen molar-refractivity contribution in [3.05, 3.63) is 66.9 Å². The van der Waals surface area contributed by atoms with Crippen LogP contribution in [-0.4, -0.2) is 54.0 Å². The molecule has 0 bridgehead atoms. The number of hydrogen-bond donors (Lipinski definition) is 1. The van der Waals surface area contributed by atoms with Gasteiger partial charge < -0.3 is 19.7 Å². The van der Waals surface area contributed by atoms with Crippen LogP contribution in [0.1, 0.15) is 0 Å². The minimum Gasteiger partial charge on any atom is -0.368 e. The van der Waals surface area contributed by atoms with Crippen molar-refractivity contribution in [3.63, 3.8) is 0 Å². The van der Waals surface area contributed by atoms with E-state index in [4.69, 9.17) is 0 Å². The van der Waals surface area contributed by atoms with Crippen LogP contribution >= 0.6 is 0 Å². The first-order valence-electron chi connectivity index (χ1n) is 9.59. The summed E-state index contributed by atoms with van der Waals surface area (Å²) >= 11 is 0. The Kier molecular flexibility index (Phi) is 5.28. The number of anilines is 1. The van der Waals surface area contributed by atoms with Gasteiger partial charge in [0.1, 0.15) is 6.54 Å². The first-order valence-corrected chi connectivity index (χ1v) is 9.59. The lowest BCUT2D eigenvalue weighted by Gasteiger charge is -2.36. The van der Waals surface area contributed by atoms with Gasteiger partial charge in [-0.15, -0.1) is 0 Å². The lowest BCUT2D eigenvalue weighted by molar-refractivity contribution is -0.133. The number of piperazine rings is 1. The summed E-state index contributed by atoms with van der Waals surface area (Å²) in [6, 6.07) is 20.1. The molecular formula is C22H24N4O2. The third kappa shape index (κ3) is 4.01. The topological polar surface area (TPSA) is 57.6 Å². The predicted octanol–water partition coefficient (Wildman–Crippen LogP) is 2.11. The van der Waals surface area contributed by atoms with Crippen molar-refractivity contribution in [2.75, 3.05) is 37.6 Å². The van der Waals surface area contributed by atoms with Crippen LogP contribution in [0.2, 0.25) is 0 Å². The third-order valence-corrected chi connectivity index (χ3v) is 5.18. The van der Waals surface area contributed by atoms with E-state index in [0.717, 1.165) is 24.0 Å². The number of amides is 2. The van der Waals surface area contributed by atoms with Gasteiger partial charge in [0.15, 0.2) is 0 Å². The standard InChI is InChI=1S/C22H24N4O2/c27-21(17-26-11-10-18-6-4-5-9-20(18)26)23-16-22(28)25-14-12-24(13-15-25)19-7-2-1-3-8-19/h1-11H,12-17H2,(H,23,27). The molecule has 1 saturated heterocycles. The molecule has 1 N–H and O–H groups in total. The lowest BCUT2D eigenvalue weighted by Crippen LogP contribution is -2.51. The van der Waals surface area contributed by atoms with Crippen LogP contribution < -0.4 is 10.2 Å². The van der Waals surface area contributed by atoms with Crippen molar-refractivity contribution in [1.29, 1.82) is 0 Å². The van der Waals surface area contributed by atoms with Crippen LogP contribution in [0.5, 0.6) is 0 Å². The predicted molar refractivity (Wildman–Crippen MR) is 110 cm³/mol. The molecule has 2 amide bonds. The van der Waals surface area contributed by atoms with Crippen molar-refractivity contribution in [2.45, 2.75) is 6.54 Å². The van der Waals surface area contributed by atoms with Gasteiger partial charge >= 0.3 is 0 Å². The maximum absolute atomic E-state index is 12.4. The van der Waals surface area contributed by atoms with Gasteiger partial charge in [-0.25, -0.2) is 0 Å². The summed E-state index contributed by atoms with van der Waals surface area (Å²) in [4.78, 5) is 28.8. The molecule has 0 atom stereocenters. The van der Waals surface area contributed by atoms with Crippen LogP contribution in [-0.2, 0) is 16.1 Å². The highest BCUT2D eigenvalue weighted by molar-refractivity contribution is 5.86. The summed E-state index contributed by atoms with van der Waals surface area (Å²) in [7, 11) is 0. The molecule has 2 heterocycles. The molecule has 28 heavy (non-hydrogen) atoms. The van der Waals surface area contributed by atoms with Gasteiger partial charge in [-0.05, 0) is 29.7 Å². The van der Waals surface area contributed by atoms with E-state index in [2.05, 4.69) is 22.3 Å². The van der Waals surface area contributed by atoms with Gasteiger partial charge in [0.2, 0.25) is 11.8 Å². The smallest absolute Gasteiger partial charge is 0.242 e. The van der Waals surface area contributed by atoms with Gasteiger partial charge in [0.05, 0.1) is 6.54 Å². The maximum Gasteiger partial charge on any atom is 0.242 e. The summed E-state index contributed by atoms with van der Waals surface area (Å²) in [5.74, 6) is -0.184. The molecule has 6 nitrogen and oxygen atoms in total. The number of para-hydroxylation sites is 2. The van der Waals surface area contributed by atoms with Crippen molar-refractivity contribution in [2.24, 2.45) is 0 Å². The summed E-state index contributed by atoms with van der Waals surface area (Å²) in [5, 5.41) is 3.86. The minimum absolute atomic E-state index is 0.0292. The molecule has 4 rings (SSSR count). The zero-order valence-electron chi connectivity index (χ0n) is 15.8. The number of fused-ring (bicyclic) bond motifs is 1. The van der Waals surface area contributed by atoms with E-state index >= 15 is 0 Å². The Morgan fingerprint density at radius 2 is 1.57 bits per heavy atom. The molecule has 3 aromatic rings. The number of rotatable bonds is 5. The fourth-order valence-electron chi connectivity index (χ4n) is 3.63. The molecular weight excluding hydrogens is 352 g/mol. The molecule has 2 aromatic carbocycles. The van der Waals surface area contributed by atoms with Gasteiger partial charge in [-0.1, -0.05) is 36.4 Å². The van der Waals surface area contributed by atoms with Gasteiger partial charge in [-0.2, -0.15) is 0 Å². The molecule has 0 saturated carbocycles. The van der Waals surface area contributed by atoms with Crippen molar-refractivity contribution in [1.82, 2.24) is 14.8 Å². The number of aromatic nitrogens is 1. The van der Waals surface area contributed by atoms with E-state index in [1.807, 2.05) is 64.2 Å². The van der Waals surface area contributed by atoms with E-state index in [9.17, 15) is 9.59 Å². The second-order valence-electron chi connectivity index (χ2n) is 6.98. The van der Waals surface area contributed by atoms with Crippen LogP contribution in [0.25, 0.3) is 10.9 Å². The first kappa shape index (κ1) is 18.1. The van der Waals surface area contributed by atoms with E-state index < -0.39 is 0 Å². The Balaban J connectivity index is 1.25. The Hall–Kier alpha value is -3.28.